The van der Waals surface area contributed by atoms with Gasteiger partial charge < -0.3 is 16.0 Å². The number of amides is 2. The van der Waals surface area contributed by atoms with Gasteiger partial charge in [-0.15, -0.1) is 12.4 Å². The number of carbonyl (C=O) groups is 2. The first-order valence-electron chi connectivity index (χ1n) is 7.24. The monoisotopic (exact) mass is 327 g/mol. The first-order valence-corrected chi connectivity index (χ1v) is 7.24. The molecule has 3 rings (SSSR count). The van der Waals surface area contributed by atoms with Crippen molar-refractivity contribution < 1.29 is 14.0 Å². The predicted octanol–water partition coefficient (Wildman–Crippen LogP) is 1.54. The van der Waals surface area contributed by atoms with Crippen LogP contribution >= 0.6 is 12.4 Å². The van der Waals surface area contributed by atoms with Gasteiger partial charge in [0, 0.05) is 24.7 Å². The molecule has 1 aromatic rings. The minimum atomic E-state index is -0.545. The highest BCUT2D eigenvalue weighted by Crippen LogP contribution is 2.33. The van der Waals surface area contributed by atoms with Gasteiger partial charge in [0.2, 0.25) is 11.8 Å². The summed E-state index contributed by atoms with van der Waals surface area (Å²) in [6.45, 7) is 1.72. The van der Waals surface area contributed by atoms with Gasteiger partial charge >= 0.3 is 0 Å². The van der Waals surface area contributed by atoms with Gasteiger partial charge in [-0.25, -0.2) is 4.39 Å². The highest BCUT2D eigenvalue weighted by Gasteiger charge is 2.32. The van der Waals surface area contributed by atoms with E-state index in [1.165, 1.54) is 12.1 Å². The van der Waals surface area contributed by atoms with E-state index in [4.69, 9.17) is 0 Å². The summed E-state index contributed by atoms with van der Waals surface area (Å²) in [6.07, 6.45) is 2.07. The molecule has 1 saturated heterocycles. The summed E-state index contributed by atoms with van der Waals surface area (Å²) in [4.78, 5) is 24.2. The Morgan fingerprint density at radius 1 is 1.36 bits per heavy atom. The van der Waals surface area contributed by atoms with Crippen LogP contribution in [-0.2, 0) is 9.59 Å². The molecule has 0 spiro atoms. The average molecular weight is 328 g/mol. The van der Waals surface area contributed by atoms with E-state index in [0.29, 0.717) is 11.3 Å². The fourth-order valence-corrected chi connectivity index (χ4v) is 2.95. The van der Waals surface area contributed by atoms with E-state index in [1.807, 2.05) is 0 Å². The smallest absolute Gasteiger partial charge is 0.228 e. The maximum atomic E-state index is 13.3. The molecule has 2 heterocycles. The Hall–Kier alpha value is -1.66. The van der Waals surface area contributed by atoms with Crippen LogP contribution in [0.5, 0.6) is 0 Å². The van der Waals surface area contributed by atoms with Gasteiger partial charge in [-0.1, -0.05) is 6.07 Å². The molecule has 0 bridgehead atoms. The van der Waals surface area contributed by atoms with Gasteiger partial charge in [-0.3, -0.25) is 9.59 Å². The average Bonchev–Trinajstić information content (AvgIpc) is 2.47. The van der Waals surface area contributed by atoms with Crippen LogP contribution in [0.2, 0.25) is 0 Å². The lowest BCUT2D eigenvalue weighted by Gasteiger charge is -2.29. The lowest BCUT2D eigenvalue weighted by Crippen LogP contribution is -2.47. The van der Waals surface area contributed by atoms with Crippen LogP contribution in [0.15, 0.2) is 18.2 Å². The van der Waals surface area contributed by atoms with Crippen molar-refractivity contribution in [2.24, 2.45) is 0 Å². The normalized spacial score (nSPS) is 23.8. The standard InChI is InChI=1S/C15H18FN3O2.ClH/c16-9-3-4-11-12(7-14(20)19-13(11)6-9)15(21)18-10-2-1-5-17-8-10;/h3-4,6,10,12,17H,1-2,5,7-8H2,(H,18,21)(H,19,20);1H/t10-,12?;/m0./s1. The van der Waals surface area contributed by atoms with E-state index in [0.717, 1.165) is 25.9 Å². The van der Waals surface area contributed by atoms with Gasteiger partial charge in [-0.05, 0) is 37.1 Å². The summed E-state index contributed by atoms with van der Waals surface area (Å²) in [5, 5.41) is 8.84. The van der Waals surface area contributed by atoms with Crippen molar-refractivity contribution in [3.05, 3.63) is 29.6 Å². The molecular weight excluding hydrogens is 309 g/mol. The van der Waals surface area contributed by atoms with Crippen molar-refractivity contribution in [2.75, 3.05) is 18.4 Å². The van der Waals surface area contributed by atoms with Gasteiger partial charge in [0.05, 0.1) is 5.92 Å². The van der Waals surface area contributed by atoms with Crippen LogP contribution in [0, 0.1) is 5.82 Å². The lowest BCUT2D eigenvalue weighted by molar-refractivity contribution is -0.127. The Balaban J connectivity index is 0.00000176. The van der Waals surface area contributed by atoms with Crippen LogP contribution in [0.1, 0.15) is 30.7 Å². The van der Waals surface area contributed by atoms with Crippen molar-refractivity contribution in [3.63, 3.8) is 0 Å². The second-order valence-electron chi connectivity index (χ2n) is 5.59. The van der Waals surface area contributed by atoms with Crippen molar-refractivity contribution >= 4 is 29.9 Å². The van der Waals surface area contributed by atoms with Crippen LogP contribution in [0.3, 0.4) is 0 Å². The molecule has 1 fully saturated rings. The molecule has 1 aromatic carbocycles. The highest BCUT2D eigenvalue weighted by molar-refractivity contribution is 6.01. The van der Waals surface area contributed by atoms with E-state index in [9.17, 15) is 14.0 Å². The Bertz CT molecular complexity index is 576. The molecule has 120 valence electrons. The van der Waals surface area contributed by atoms with Crippen molar-refractivity contribution in [3.8, 4) is 0 Å². The highest BCUT2D eigenvalue weighted by atomic mass is 35.5. The number of fused-ring (bicyclic) bond motifs is 1. The fourth-order valence-electron chi connectivity index (χ4n) is 2.95. The molecule has 22 heavy (non-hydrogen) atoms. The topological polar surface area (TPSA) is 70.2 Å². The van der Waals surface area contributed by atoms with E-state index < -0.39 is 11.7 Å². The Morgan fingerprint density at radius 2 is 2.18 bits per heavy atom. The van der Waals surface area contributed by atoms with Crippen LogP contribution in [0.25, 0.3) is 0 Å². The number of rotatable bonds is 2. The molecule has 0 radical (unpaired) electrons. The van der Waals surface area contributed by atoms with Crippen LogP contribution < -0.4 is 16.0 Å². The van der Waals surface area contributed by atoms with Crippen molar-refractivity contribution in [1.29, 1.82) is 0 Å². The molecule has 1 unspecified atom stereocenters. The number of nitrogens with one attached hydrogen (secondary N) is 3. The predicted molar refractivity (Wildman–Crippen MR) is 83.7 cm³/mol. The second kappa shape index (κ2) is 7.07. The van der Waals surface area contributed by atoms with E-state index in [-0.39, 0.29) is 36.7 Å². The quantitative estimate of drug-likeness (QED) is 0.771. The summed E-state index contributed by atoms with van der Waals surface area (Å²) < 4.78 is 13.3. The zero-order valence-corrected chi connectivity index (χ0v) is 12.8. The van der Waals surface area contributed by atoms with E-state index in [2.05, 4.69) is 16.0 Å². The summed E-state index contributed by atoms with van der Waals surface area (Å²) in [5.41, 5.74) is 1.07. The lowest BCUT2D eigenvalue weighted by atomic mass is 9.89. The molecule has 7 heteroatoms. The SMILES string of the molecule is Cl.O=C1CC(C(=O)N[C@H]2CCCNC2)c2ccc(F)cc2N1. The first-order chi connectivity index (χ1) is 10.1. The maximum absolute atomic E-state index is 13.3. The third kappa shape index (κ3) is 3.56. The maximum Gasteiger partial charge on any atom is 0.228 e. The van der Waals surface area contributed by atoms with Gasteiger partial charge in [-0.2, -0.15) is 0 Å². The van der Waals surface area contributed by atoms with Gasteiger partial charge in [0.1, 0.15) is 5.82 Å². The molecule has 0 aromatic heterocycles. The van der Waals surface area contributed by atoms with E-state index >= 15 is 0 Å². The third-order valence-corrected chi connectivity index (χ3v) is 4.01. The summed E-state index contributed by atoms with van der Waals surface area (Å²) in [6, 6.07) is 4.25. The molecular formula is C15H19ClFN3O2. The molecule has 0 saturated carbocycles. The van der Waals surface area contributed by atoms with Gasteiger partial charge in [0.15, 0.2) is 0 Å². The zero-order chi connectivity index (χ0) is 14.8. The summed E-state index contributed by atoms with van der Waals surface area (Å²) in [7, 11) is 0. The minimum absolute atomic E-state index is 0. The second-order valence-corrected chi connectivity index (χ2v) is 5.59. The Kier molecular flexibility index (Phi) is 5.37. The Morgan fingerprint density at radius 3 is 2.91 bits per heavy atom. The number of hydrogen-bond acceptors (Lipinski definition) is 3. The molecule has 0 aliphatic carbocycles. The first kappa shape index (κ1) is 16.7. The number of halogens is 2. The molecule has 2 amide bonds. The summed E-state index contributed by atoms with van der Waals surface area (Å²) in [5.74, 6) is -1.38. The summed E-state index contributed by atoms with van der Waals surface area (Å²) >= 11 is 0. The number of carbonyl (C=O) groups excluding carboxylic acids is 2. The number of piperidine rings is 1. The third-order valence-electron chi connectivity index (χ3n) is 4.01. The van der Waals surface area contributed by atoms with Crippen LogP contribution in [-0.4, -0.2) is 30.9 Å². The fraction of sp³-hybridized carbons (Fsp3) is 0.467. The Labute approximate surface area is 134 Å². The number of hydrogen-bond donors (Lipinski definition) is 3. The molecule has 5 nitrogen and oxygen atoms in total. The number of benzene rings is 1. The molecule has 3 N–H and O–H groups in total. The molecule has 2 aliphatic heterocycles. The van der Waals surface area contributed by atoms with E-state index in [1.54, 1.807) is 6.07 Å². The zero-order valence-electron chi connectivity index (χ0n) is 12.0. The largest absolute Gasteiger partial charge is 0.352 e. The van der Waals surface area contributed by atoms with Crippen molar-refractivity contribution in [1.82, 2.24) is 10.6 Å². The van der Waals surface area contributed by atoms with Gasteiger partial charge in [0.25, 0.3) is 0 Å². The number of anilines is 1. The van der Waals surface area contributed by atoms with Crippen molar-refractivity contribution in [2.45, 2.75) is 31.2 Å². The van der Waals surface area contributed by atoms with Crippen LogP contribution in [0.4, 0.5) is 10.1 Å². The molecule has 2 atom stereocenters. The minimum Gasteiger partial charge on any atom is -0.352 e. The molecule has 2 aliphatic rings.